The van der Waals surface area contributed by atoms with Crippen molar-refractivity contribution in [2.75, 3.05) is 0 Å². The number of rotatable bonds is 4. The van der Waals surface area contributed by atoms with Crippen LogP contribution in [0.25, 0.3) is 0 Å². The van der Waals surface area contributed by atoms with Gasteiger partial charge in [0.2, 0.25) is 0 Å². The molecule has 19 heavy (non-hydrogen) atoms. The summed E-state index contributed by atoms with van der Waals surface area (Å²) in [5, 5.41) is 0. The van der Waals surface area contributed by atoms with Crippen molar-refractivity contribution in [3.05, 3.63) is 35.4 Å². The summed E-state index contributed by atoms with van der Waals surface area (Å²) in [6.45, 7) is 2.18. The van der Waals surface area contributed by atoms with Crippen LogP contribution in [0.3, 0.4) is 0 Å². The van der Waals surface area contributed by atoms with Gasteiger partial charge >= 0.3 is 0 Å². The van der Waals surface area contributed by atoms with Gasteiger partial charge in [-0.1, -0.05) is 19.8 Å². The molecule has 0 saturated heterocycles. The van der Waals surface area contributed by atoms with Crippen molar-refractivity contribution in [1.29, 1.82) is 0 Å². The van der Waals surface area contributed by atoms with Gasteiger partial charge in [-0.2, -0.15) is 0 Å². The van der Waals surface area contributed by atoms with Gasteiger partial charge in [0.25, 0.3) is 0 Å². The lowest BCUT2D eigenvalue weighted by Gasteiger charge is -2.27. The van der Waals surface area contributed by atoms with E-state index in [1.807, 2.05) is 0 Å². The van der Waals surface area contributed by atoms with E-state index < -0.39 is 11.6 Å². The smallest absolute Gasteiger partial charge is 0.166 e. The van der Waals surface area contributed by atoms with Crippen LogP contribution in [0, 0.1) is 23.5 Å². The molecule has 0 heterocycles. The predicted molar refractivity (Wildman–Crippen MR) is 71.0 cm³/mol. The summed E-state index contributed by atoms with van der Waals surface area (Å²) in [5.74, 6) is -1.15. The molecule has 0 aliphatic heterocycles. The zero-order chi connectivity index (χ0) is 13.8. The number of carbonyl (C=O) groups is 1. The maximum absolute atomic E-state index is 13.1. The van der Waals surface area contributed by atoms with Gasteiger partial charge in [-0.05, 0) is 49.8 Å². The molecule has 1 aromatic rings. The van der Waals surface area contributed by atoms with Crippen molar-refractivity contribution in [2.24, 2.45) is 11.8 Å². The van der Waals surface area contributed by atoms with Gasteiger partial charge < -0.3 is 0 Å². The fraction of sp³-hybridized carbons (Fsp3) is 0.562. The highest BCUT2D eigenvalue weighted by Gasteiger charge is 2.26. The van der Waals surface area contributed by atoms with Crippen LogP contribution in [0.2, 0.25) is 0 Å². The van der Waals surface area contributed by atoms with Gasteiger partial charge in [-0.25, -0.2) is 8.78 Å². The summed E-state index contributed by atoms with van der Waals surface area (Å²) < 4.78 is 26.0. The number of hydrogen-bond acceptors (Lipinski definition) is 1. The summed E-state index contributed by atoms with van der Waals surface area (Å²) in [6.07, 6.45) is 6.32. The Hall–Kier alpha value is -1.25. The average Bonchev–Trinajstić information content (AvgIpc) is 2.42. The van der Waals surface area contributed by atoms with Gasteiger partial charge in [0.05, 0.1) is 0 Å². The largest absolute Gasteiger partial charge is 0.294 e. The van der Waals surface area contributed by atoms with Crippen LogP contribution in [0.5, 0.6) is 0 Å². The molecule has 1 nitrogen and oxygen atoms in total. The molecule has 104 valence electrons. The Kier molecular flexibility index (Phi) is 4.67. The van der Waals surface area contributed by atoms with E-state index in [4.69, 9.17) is 0 Å². The highest BCUT2D eigenvalue weighted by Crippen LogP contribution is 2.33. The first-order valence-corrected chi connectivity index (χ1v) is 7.11. The number of halogens is 2. The fourth-order valence-corrected chi connectivity index (χ4v) is 3.01. The third kappa shape index (κ3) is 3.40. The minimum atomic E-state index is -0.939. The summed E-state index contributed by atoms with van der Waals surface area (Å²) in [4.78, 5) is 12.2. The molecule has 1 aromatic carbocycles. The van der Waals surface area contributed by atoms with Gasteiger partial charge in [-0.3, -0.25) is 4.79 Å². The highest BCUT2D eigenvalue weighted by atomic mass is 19.2. The second kappa shape index (κ2) is 6.27. The van der Waals surface area contributed by atoms with Gasteiger partial charge in [-0.15, -0.1) is 0 Å². The Morgan fingerprint density at radius 2 is 1.84 bits per heavy atom. The topological polar surface area (TPSA) is 17.1 Å². The third-order valence-corrected chi connectivity index (χ3v) is 4.12. The van der Waals surface area contributed by atoms with Crippen molar-refractivity contribution in [1.82, 2.24) is 0 Å². The Morgan fingerprint density at radius 1 is 1.16 bits per heavy atom. The monoisotopic (exact) mass is 266 g/mol. The third-order valence-electron chi connectivity index (χ3n) is 4.12. The summed E-state index contributed by atoms with van der Waals surface area (Å²) in [6, 6.07) is 3.44. The number of hydrogen-bond donors (Lipinski definition) is 0. The van der Waals surface area contributed by atoms with Crippen molar-refractivity contribution in [3.8, 4) is 0 Å². The molecular formula is C16H20F2O. The van der Waals surface area contributed by atoms with Crippen LogP contribution >= 0.6 is 0 Å². The second-order valence-corrected chi connectivity index (χ2v) is 5.50. The molecule has 0 atom stereocenters. The molecule has 0 spiro atoms. The first kappa shape index (κ1) is 14.2. The number of carbonyl (C=O) groups excluding carboxylic acids is 1. The highest BCUT2D eigenvalue weighted by molar-refractivity contribution is 5.97. The molecule has 1 aliphatic rings. The number of Topliss-reactive ketones (excluding diaryl/α,β-unsaturated/α-hetero) is 1. The Balaban J connectivity index is 1.99. The molecule has 0 unspecified atom stereocenters. The first-order chi connectivity index (χ1) is 9.11. The molecule has 2 rings (SSSR count). The van der Waals surface area contributed by atoms with Gasteiger partial charge in [0.1, 0.15) is 0 Å². The minimum Gasteiger partial charge on any atom is -0.294 e. The van der Waals surface area contributed by atoms with Crippen LogP contribution in [0.4, 0.5) is 8.78 Å². The lowest BCUT2D eigenvalue weighted by Crippen LogP contribution is -2.22. The van der Waals surface area contributed by atoms with E-state index in [1.165, 1.54) is 18.9 Å². The Labute approximate surface area is 113 Å². The van der Waals surface area contributed by atoms with E-state index in [9.17, 15) is 13.6 Å². The van der Waals surface area contributed by atoms with E-state index in [0.29, 0.717) is 5.56 Å². The zero-order valence-corrected chi connectivity index (χ0v) is 11.3. The van der Waals surface area contributed by atoms with Crippen LogP contribution in [0.15, 0.2) is 18.2 Å². The second-order valence-electron chi connectivity index (χ2n) is 5.50. The Bertz CT molecular complexity index is 448. The van der Waals surface area contributed by atoms with E-state index in [2.05, 4.69) is 6.92 Å². The molecule has 0 N–H and O–H groups in total. The van der Waals surface area contributed by atoms with Crippen LogP contribution in [-0.2, 0) is 0 Å². The lowest BCUT2D eigenvalue weighted by molar-refractivity contribution is 0.0869. The summed E-state index contributed by atoms with van der Waals surface area (Å²) >= 11 is 0. The van der Waals surface area contributed by atoms with Crippen molar-refractivity contribution in [3.63, 3.8) is 0 Å². The van der Waals surface area contributed by atoms with Crippen LogP contribution < -0.4 is 0 Å². The number of benzene rings is 1. The molecule has 0 aromatic heterocycles. The number of ketones is 1. The first-order valence-electron chi connectivity index (χ1n) is 7.11. The predicted octanol–water partition coefficient (Wildman–Crippen LogP) is 4.75. The normalized spacial score (nSPS) is 23.3. The standard InChI is InChI=1S/C16H20F2O/c1-2-3-11-4-6-12(7-5-11)16(19)13-8-9-14(17)15(18)10-13/h8-12H,2-7H2,1H3. The van der Waals surface area contributed by atoms with E-state index in [-0.39, 0.29) is 11.7 Å². The van der Waals surface area contributed by atoms with Crippen molar-refractivity contribution in [2.45, 2.75) is 45.4 Å². The molecule has 1 fully saturated rings. The fourth-order valence-electron chi connectivity index (χ4n) is 3.01. The Morgan fingerprint density at radius 3 is 2.42 bits per heavy atom. The zero-order valence-electron chi connectivity index (χ0n) is 11.3. The van der Waals surface area contributed by atoms with Gasteiger partial charge in [0, 0.05) is 11.5 Å². The summed E-state index contributed by atoms with van der Waals surface area (Å²) in [7, 11) is 0. The molecule has 0 radical (unpaired) electrons. The maximum Gasteiger partial charge on any atom is 0.166 e. The minimum absolute atomic E-state index is 0.0158. The van der Waals surface area contributed by atoms with Gasteiger partial charge in [0.15, 0.2) is 17.4 Å². The molecule has 1 saturated carbocycles. The lowest BCUT2D eigenvalue weighted by atomic mass is 9.77. The molecule has 0 amide bonds. The molecule has 1 aliphatic carbocycles. The van der Waals surface area contributed by atoms with E-state index in [1.54, 1.807) is 0 Å². The molecule has 0 bridgehead atoms. The summed E-state index contributed by atoms with van der Waals surface area (Å²) in [5.41, 5.74) is 0.304. The van der Waals surface area contributed by atoms with Crippen LogP contribution in [-0.4, -0.2) is 5.78 Å². The van der Waals surface area contributed by atoms with E-state index >= 15 is 0 Å². The maximum atomic E-state index is 13.1. The van der Waals surface area contributed by atoms with Crippen molar-refractivity contribution < 1.29 is 13.6 Å². The SMILES string of the molecule is CCCC1CCC(C(=O)c2ccc(F)c(F)c2)CC1. The van der Waals surface area contributed by atoms with E-state index in [0.717, 1.165) is 43.7 Å². The quantitative estimate of drug-likeness (QED) is 0.718. The molecular weight excluding hydrogens is 246 g/mol. The van der Waals surface area contributed by atoms with Crippen LogP contribution in [0.1, 0.15) is 55.8 Å². The molecule has 3 heteroatoms. The average molecular weight is 266 g/mol. The van der Waals surface area contributed by atoms with Crippen molar-refractivity contribution >= 4 is 5.78 Å².